The number of benzene rings is 1. The molecule has 1 saturated heterocycles. The van der Waals surface area contributed by atoms with Crippen LogP contribution in [-0.4, -0.2) is 51.0 Å². The summed E-state index contributed by atoms with van der Waals surface area (Å²) in [5.74, 6) is 2.88. The number of carbonyl (C=O) groups excluding carboxylic acids is 1. The zero-order chi connectivity index (χ0) is 21.8. The first-order valence-corrected chi connectivity index (χ1v) is 12.8. The van der Waals surface area contributed by atoms with Crippen LogP contribution in [0.4, 0.5) is 0 Å². The number of nitrogens with one attached hydrogen (secondary N) is 1. The van der Waals surface area contributed by atoms with Gasteiger partial charge in [-0.25, -0.2) is 8.42 Å². The molecule has 8 heteroatoms. The van der Waals surface area contributed by atoms with Gasteiger partial charge in [-0.1, -0.05) is 0 Å². The summed E-state index contributed by atoms with van der Waals surface area (Å²) in [6.45, 7) is 0.357. The fraction of sp³-hybridized carbons (Fsp3) is 0.696. The Balaban J connectivity index is 1.36. The van der Waals surface area contributed by atoms with Crippen molar-refractivity contribution >= 4 is 15.9 Å². The second kappa shape index (κ2) is 7.66. The average molecular weight is 449 g/mol. The molecule has 1 amide bonds. The molecule has 7 nitrogen and oxygen atoms in total. The molecule has 6 rings (SSSR count). The van der Waals surface area contributed by atoms with Crippen LogP contribution in [0.2, 0.25) is 0 Å². The molecule has 1 aliphatic heterocycles. The Morgan fingerprint density at radius 1 is 1.03 bits per heavy atom. The van der Waals surface area contributed by atoms with Crippen LogP contribution >= 0.6 is 0 Å². The number of methoxy groups -OCH3 is 2. The van der Waals surface area contributed by atoms with E-state index < -0.39 is 16.1 Å². The molecule has 0 aromatic heterocycles. The van der Waals surface area contributed by atoms with Gasteiger partial charge in [0.1, 0.15) is 6.04 Å². The normalized spacial score (nSPS) is 34.6. The molecule has 1 atom stereocenters. The number of hydrogen-bond donors (Lipinski definition) is 1. The second-order valence-corrected chi connectivity index (χ2v) is 11.9. The fourth-order valence-electron chi connectivity index (χ4n) is 7.01. The lowest BCUT2D eigenvalue weighted by atomic mass is 9.53. The number of sulfonamides is 1. The highest BCUT2D eigenvalue weighted by atomic mass is 32.2. The van der Waals surface area contributed by atoms with Crippen LogP contribution in [0.15, 0.2) is 23.1 Å². The van der Waals surface area contributed by atoms with Crippen molar-refractivity contribution in [3.63, 3.8) is 0 Å². The van der Waals surface area contributed by atoms with Gasteiger partial charge in [0.15, 0.2) is 11.5 Å². The molecule has 4 saturated carbocycles. The molecule has 1 aromatic rings. The lowest BCUT2D eigenvalue weighted by Gasteiger charge is -2.57. The van der Waals surface area contributed by atoms with Crippen LogP contribution in [0.25, 0.3) is 0 Å². The van der Waals surface area contributed by atoms with Crippen LogP contribution in [0.1, 0.15) is 51.4 Å². The highest BCUT2D eigenvalue weighted by Gasteiger charge is 2.52. The number of rotatable bonds is 6. The van der Waals surface area contributed by atoms with Crippen LogP contribution in [0.5, 0.6) is 11.5 Å². The molecule has 170 valence electrons. The highest BCUT2D eigenvalue weighted by Crippen LogP contribution is 2.55. The summed E-state index contributed by atoms with van der Waals surface area (Å²) >= 11 is 0. The topological polar surface area (TPSA) is 84.9 Å². The Morgan fingerprint density at radius 3 is 2.23 bits per heavy atom. The first kappa shape index (κ1) is 21.1. The Labute approximate surface area is 184 Å². The maximum atomic E-state index is 13.4. The molecular weight excluding hydrogens is 416 g/mol. The maximum Gasteiger partial charge on any atom is 0.243 e. The zero-order valence-electron chi connectivity index (χ0n) is 18.3. The molecule has 1 unspecified atom stereocenters. The van der Waals surface area contributed by atoms with Crippen molar-refractivity contribution in [3.05, 3.63) is 18.2 Å². The summed E-state index contributed by atoms with van der Waals surface area (Å²) in [6, 6.07) is 3.93. The van der Waals surface area contributed by atoms with E-state index in [0.29, 0.717) is 30.9 Å². The Morgan fingerprint density at radius 2 is 1.65 bits per heavy atom. The van der Waals surface area contributed by atoms with Gasteiger partial charge in [-0.15, -0.1) is 0 Å². The SMILES string of the molecule is COc1ccc(S(=O)(=O)N2CCCC2C(=O)NC23CC4CC(CC(C4)C2)C3)cc1OC. The first-order valence-electron chi connectivity index (χ1n) is 11.4. The third-order valence-corrected chi connectivity index (χ3v) is 9.80. The summed E-state index contributed by atoms with van der Waals surface area (Å²) in [5, 5.41) is 3.37. The fourth-order valence-corrected chi connectivity index (χ4v) is 8.68. The number of amides is 1. The monoisotopic (exact) mass is 448 g/mol. The molecule has 1 aromatic carbocycles. The third-order valence-electron chi connectivity index (χ3n) is 7.89. The Bertz CT molecular complexity index is 941. The number of ether oxygens (including phenoxy) is 2. The highest BCUT2D eigenvalue weighted by molar-refractivity contribution is 7.89. The van der Waals surface area contributed by atoms with Crippen LogP contribution < -0.4 is 14.8 Å². The molecule has 4 bridgehead atoms. The summed E-state index contributed by atoms with van der Waals surface area (Å²) in [5.41, 5.74) is -0.118. The molecule has 1 heterocycles. The van der Waals surface area contributed by atoms with Crippen molar-refractivity contribution in [1.82, 2.24) is 9.62 Å². The third kappa shape index (κ3) is 3.61. The first-order chi connectivity index (χ1) is 14.8. The maximum absolute atomic E-state index is 13.4. The van der Waals surface area contributed by atoms with Crippen molar-refractivity contribution in [2.75, 3.05) is 20.8 Å². The van der Waals surface area contributed by atoms with Gasteiger partial charge >= 0.3 is 0 Å². The lowest BCUT2D eigenvalue weighted by molar-refractivity contribution is -0.130. The van der Waals surface area contributed by atoms with Crippen molar-refractivity contribution in [1.29, 1.82) is 0 Å². The van der Waals surface area contributed by atoms with Gasteiger partial charge in [-0.2, -0.15) is 4.31 Å². The van der Waals surface area contributed by atoms with E-state index in [1.165, 1.54) is 49.9 Å². The van der Waals surface area contributed by atoms with Crippen LogP contribution in [0, 0.1) is 17.8 Å². The molecule has 5 aliphatic rings. The average Bonchev–Trinajstić information content (AvgIpc) is 3.23. The van der Waals surface area contributed by atoms with Crippen LogP contribution in [-0.2, 0) is 14.8 Å². The quantitative estimate of drug-likeness (QED) is 0.723. The van der Waals surface area contributed by atoms with E-state index in [9.17, 15) is 13.2 Å². The number of hydrogen-bond acceptors (Lipinski definition) is 5. The molecular formula is C23H32N2O5S. The van der Waals surface area contributed by atoms with E-state index in [2.05, 4.69) is 5.32 Å². The van der Waals surface area contributed by atoms with E-state index in [1.54, 1.807) is 6.07 Å². The standard InChI is InChI=1S/C23H32N2O5S/c1-29-20-6-5-18(11-21(20)30-2)31(27,28)25-7-3-4-19(25)22(26)24-23-12-15-8-16(13-23)10-17(9-15)14-23/h5-6,11,15-17,19H,3-4,7-10,12-14H2,1-2H3,(H,24,26). The molecule has 0 radical (unpaired) electrons. The minimum Gasteiger partial charge on any atom is -0.493 e. The molecule has 0 spiro atoms. The van der Waals surface area contributed by atoms with Gasteiger partial charge in [0, 0.05) is 18.2 Å². The minimum absolute atomic E-state index is 0.118. The van der Waals surface area contributed by atoms with Gasteiger partial charge in [-0.05, 0) is 81.3 Å². The van der Waals surface area contributed by atoms with E-state index in [0.717, 1.165) is 37.0 Å². The van der Waals surface area contributed by atoms with Gasteiger partial charge in [0.2, 0.25) is 15.9 Å². The van der Waals surface area contributed by atoms with Gasteiger partial charge in [0.25, 0.3) is 0 Å². The summed E-state index contributed by atoms with van der Waals surface area (Å²) in [4.78, 5) is 13.5. The zero-order valence-corrected chi connectivity index (χ0v) is 19.1. The van der Waals surface area contributed by atoms with E-state index in [4.69, 9.17) is 9.47 Å². The number of nitrogens with zero attached hydrogens (tertiary/aromatic N) is 1. The summed E-state index contributed by atoms with van der Waals surface area (Å²) in [7, 11) is -0.830. The summed E-state index contributed by atoms with van der Waals surface area (Å²) < 4.78 is 38.7. The minimum atomic E-state index is -3.82. The smallest absolute Gasteiger partial charge is 0.243 e. The second-order valence-electron chi connectivity index (χ2n) is 9.98. The van der Waals surface area contributed by atoms with E-state index in [-0.39, 0.29) is 16.3 Å². The Hall–Kier alpha value is -1.80. The molecule has 5 fully saturated rings. The molecule has 4 aliphatic carbocycles. The van der Waals surface area contributed by atoms with Gasteiger partial charge in [-0.3, -0.25) is 4.79 Å². The predicted octanol–water partition coefficient (Wildman–Crippen LogP) is 2.94. The molecule has 1 N–H and O–H groups in total. The van der Waals surface area contributed by atoms with Crippen molar-refractivity contribution < 1.29 is 22.7 Å². The van der Waals surface area contributed by atoms with Crippen LogP contribution in [0.3, 0.4) is 0 Å². The largest absolute Gasteiger partial charge is 0.493 e. The lowest BCUT2D eigenvalue weighted by Crippen LogP contribution is -2.62. The van der Waals surface area contributed by atoms with Crippen molar-refractivity contribution in [3.8, 4) is 11.5 Å². The van der Waals surface area contributed by atoms with E-state index >= 15 is 0 Å². The predicted molar refractivity (Wildman–Crippen MR) is 116 cm³/mol. The molecule has 31 heavy (non-hydrogen) atoms. The van der Waals surface area contributed by atoms with Gasteiger partial charge < -0.3 is 14.8 Å². The van der Waals surface area contributed by atoms with Gasteiger partial charge in [0.05, 0.1) is 19.1 Å². The van der Waals surface area contributed by atoms with E-state index in [1.807, 2.05) is 0 Å². The van der Waals surface area contributed by atoms with Crippen molar-refractivity contribution in [2.24, 2.45) is 17.8 Å². The Kier molecular flexibility index (Phi) is 5.20. The van der Waals surface area contributed by atoms with Crippen molar-refractivity contribution in [2.45, 2.75) is 67.8 Å². The number of carbonyl (C=O) groups is 1. The summed E-state index contributed by atoms with van der Waals surface area (Å²) in [6.07, 6.45) is 8.32.